The van der Waals surface area contributed by atoms with Crippen molar-refractivity contribution in [3.63, 3.8) is 0 Å². The second-order valence-corrected chi connectivity index (χ2v) is 5.86. The van der Waals surface area contributed by atoms with Crippen LogP contribution >= 0.6 is 0 Å². The van der Waals surface area contributed by atoms with Crippen molar-refractivity contribution in [2.75, 3.05) is 18.3 Å². The summed E-state index contributed by atoms with van der Waals surface area (Å²) in [4.78, 5) is 7.87. The molecule has 0 aliphatic rings. The summed E-state index contributed by atoms with van der Waals surface area (Å²) in [6.07, 6.45) is 3.81. The van der Waals surface area contributed by atoms with Gasteiger partial charge in [0, 0.05) is 12.4 Å². The number of likely N-dealkylation sites (N-methyl/N-ethyl adjacent to an activating group) is 1. The Labute approximate surface area is 118 Å². The molecule has 0 bridgehead atoms. The Morgan fingerprint density at radius 2 is 1.75 bits per heavy atom. The summed E-state index contributed by atoms with van der Waals surface area (Å²) in [5.74, 6) is 0.0618. The number of aromatic nitrogens is 2. The second kappa shape index (κ2) is 6.44. The first-order valence-electron chi connectivity index (χ1n) is 6.15. The molecule has 0 aliphatic heterocycles. The van der Waals surface area contributed by atoms with Crippen molar-refractivity contribution in [1.82, 2.24) is 15.3 Å². The molecular weight excluding hydrogens is 276 g/mol. The maximum Gasteiger partial charge on any atom is 0.264 e. The van der Waals surface area contributed by atoms with Crippen molar-refractivity contribution in [3.8, 4) is 0 Å². The Morgan fingerprint density at radius 3 is 2.35 bits per heavy atom. The van der Waals surface area contributed by atoms with Gasteiger partial charge in [-0.15, -0.1) is 0 Å². The largest absolute Gasteiger partial charge is 0.319 e. The summed E-state index contributed by atoms with van der Waals surface area (Å²) in [5, 5.41) is 3.05. The average Bonchev–Trinajstić information content (AvgIpc) is 2.46. The molecule has 2 rings (SSSR count). The van der Waals surface area contributed by atoms with E-state index in [1.165, 1.54) is 12.4 Å². The minimum atomic E-state index is -3.64. The zero-order valence-electron chi connectivity index (χ0n) is 11.1. The third-order valence-corrected chi connectivity index (χ3v) is 4.03. The predicted molar refractivity (Wildman–Crippen MR) is 76.9 cm³/mol. The lowest BCUT2D eigenvalue weighted by atomic mass is 10.1. The molecule has 20 heavy (non-hydrogen) atoms. The molecule has 0 spiro atoms. The van der Waals surface area contributed by atoms with Crippen LogP contribution in [0.1, 0.15) is 5.56 Å². The van der Waals surface area contributed by atoms with Gasteiger partial charge in [0.25, 0.3) is 10.0 Å². The summed E-state index contributed by atoms with van der Waals surface area (Å²) in [7, 11) is -1.76. The molecule has 2 aromatic rings. The molecule has 0 saturated carbocycles. The summed E-state index contributed by atoms with van der Waals surface area (Å²) in [6, 6.07) is 8.39. The van der Waals surface area contributed by atoms with Crippen LogP contribution in [0.5, 0.6) is 0 Å². The minimum Gasteiger partial charge on any atom is -0.319 e. The van der Waals surface area contributed by atoms with Crippen molar-refractivity contribution in [2.24, 2.45) is 0 Å². The highest BCUT2D eigenvalue weighted by atomic mass is 32.2. The lowest BCUT2D eigenvalue weighted by Crippen LogP contribution is -2.15. The number of hydrogen-bond donors (Lipinski definition) is 2. The Morgan fingerprint density at radius 1 is 1.10 bits per heavy atom. The highest BCUT2D eigenvalue weighted by Gasteiger charge is 2.14. The van der Waals surface area contributed by atoms with Crippen LogP contribution in [-0.4, -0.2) is 32.0 Å². The molecule has 7 heteroatoms. The van der Waals surface area contributed by atoms with Crippen LogP contribution in [-0.2, 0) is 16.4 Å². The van der Waals surface area contributed by atoms with Gasteiger partial charge in [0.15, 0.2) is 0 Å². The fourth-order valence-electron chi connectivity index (χ4n) is 1.64. The van der Waals surface area contributed by atoms with Crippen molar-refractivity contribution in [2.45, 2.75) is 11.3 Å². The van der Waals surface area contributed by atoms with Crippen LogP contribution in [0.2, 0.25) is 0 Å². The average molecular weight is 292 g/mol. The fourth-order valence-corrected chi connectivity index (χ4v) is 2.59. The van der Waals surface area contributed by atoms with E-state index in [-0.39, 0.29) is 10.8 Å². The van der Waals surface area contributed by atoms with Gasteiger partial charge in [0.05, 0.1) is 4.90 Å². The number of sulfonamides is 1. The Hall–Kier alpha value is -1.99. The summed E-state index contributed by atoms with van der Waals surface area (Å²) >= 11 is 0. The first-order valence-corrected chi connectivity index (χ1v) is 7.63. The van der Waals surface area contributed by atoms with Crippen molar-refractivity contribution in [3.05, 3.63) is 48.3 Å². The van der Waals surface area contributed by atoms with Gasteiger partial charge in [-0.25, -0.2) is 23.1 Å². The summed E-state index contributed by atoms with van der Waals surface area (Å²) in [5.41, 5.74) is 1.08. The van der Waals surface area contributed by atoms with E-state index in [4.69, 9.17) is 0 Å². The number of rotatable bonds is 6. The lowest BCUT2D eigenvalue weighted by molar-refractivity contribution is 0.600. The number of nitrogens with one attached hydrogen (secondary N) is 2. The Kier molecular flexibility index (Phi) is 4.65. The van der Waals surface area contributed by atoms with Crippen LogP contribution < -0.4 is 10.0 Å². The minimum absolute atomic E-state index is 0.0618. The smallest absolute Gasteiger partial charge is 0.264 e. The predicted octanol–water partition coefficient (Wildman–Crippen LogP) is 1.04. The maximum atomic E-state index is 12.1. The Bertz CT molecular complexity index is 642. The van der Waals surface area contributed by atoms with Crippen LogP contribution in [0, 0.1) is 0 Å². The van der Waals surface area contributed by atoms with Gasteiger partial charge in [-0.2, -0.15) is 0 Å². The van der Waals surface area contributed by atoms with Crippen LogP contribution in [0.3, 0.4) is 0 Å². The van der Waals surface area contributed by atoms with Crippen LogP contribution in [0.4, 0.5) is 5.95 Å². The van der Waals surface area contributed by atoms with Crippen LogP contribution in [0.15, 0.2) is 47.6 Å². The monoisotopic (exact) mass is 292 g/mol. The SMILES string of the molecule is CNCCc1ccc(S(=O)(=O)Nc2ncccn2)cc1. The first kappa shape index (κ1) is 14.4. The molecule has 106 valence electrons. The van der Waals surface area contributed by atoms with Gasteiger partial charge < -0.3 is 5.32 Å². The topological polar surface area (TPSA) is 84.0 Å². The van der Waals surface area contributed by atoms with E-state index in [9.17, 15) is 8.42 Å². The number of nitrogens with zero attached hydrogens (tertiary/aromatic N) is 2. The van der Waals surface area contributed by atoms with Crippen molar-refractivity contribution in [1.29, 1.82) is 0 Å². The molecule has 0 aliphatic carbocycles. The molecule has 1 aromatic carbocycles. The highest BCUT2D eigenvalue weighted by Crippen LogP contribution is 2.13. The third kappa shape index (κ3) is 3.75. The third-order valence-electron chi connectivity index (χ3n) is 2.69. The molecule has 0 amide bonds. The number of anilines is 1. The molecule has 1 heterocycles. The zero-order chi connectivity index (χ0) is 14.4. The highest BCUT2D eigenvalue weighted by molar-refractivity contribution is 7.92. The normalized spacial score (nSPS) is 11.2. The summed E-state index contributed by atoms with van der Waals surface area (Å²) in [6.45, 7) is 0.849. The molecule has 0 saturated heterocycles. The zero-order valence-corrected chi connectivity index (χ0v) is 11.9. The van der Waals surface area contributed by atoms with E-state index in [0.717, 1.165) is 18.5 Å². The molecular formula is C13H16N4O2S. The molecule has 0 unspecified atom stereocenters. The maximum absolute atomic E-state index is 12.1. The van der Waals surface area contributed by atoms with E-state index in [1.54, 1.807) is 30.3 Å². The molecule has 0 radical (unpaired) electrons. The molecule has 2 N–H and O–H groups in total. The van der Waals surface area contributed by atoms with Gasteiger partial charge in [-0.1, -0.05) is 12.1 Å². The fraction of sp³-hybridized carbons (Fsp3) is 0.231. The Balaban J connectivity index is 2.13. The van der Waals surface area contributed by atoms with Gasteiger partial charge in [-0.05, 0) is 43.8 Å². The standard InChI is InChI=1S/C13H16N4O2S/c1-14-10-7-11-3-5-12(6-4-11)20(18,19)17-13-15-8-2-9-16-13/h2-6,8-9,14H,7,10H2,1H3,(H,15,16,17). The van der Waals surface area contributed by atoms with Crippen molar-refractivity contribution < 1.29 is 8.42 Å². The molecule has 0 fully saturated rings. The quantitative estimate of drug-likeness (QED) is 0.831. The second-order valence-electron chi connectivity index (χ2n) is 4.18. The molecule has 1 aromatic heterocycles. The summed E-state index contributed by atoms with van der Waals surface area (Å²) < 4.78 is 26.6. The van der Waals surface area contributed by atoms with Gasteiger partial charge in [0.1, 0.15) is 0 Å². The van der Waals surface area contributed by atoms with E-state index in [0.29, 0.717) is 0 Å². The van der Waals surface area contributed by atoms with E-state index in [2.05, 4.69) is 20.0 Å². The van der Waals surface area contributed by atoms with Gasteiger partial charge in [0.2, 0.25) is 5.95 Å². The lowest BCUT2D eigenvalue weighted by Gasteiger charge is -2.07. The van der Waals surface area contributed by atoms with Gasteiger partial charge in [-0.3, -0.25) is 0 Å². The first-order chi connectivity index (χ1) is 9.62. The van der Waals surface area contributed by atoms with Gasteiger partial charge >= 0.3 is 0 Å². The van der Waals surface area contributed by atoms with Crippen LogP contribution in [0.25, 0.3) is 0 Å². The van der Waals surface area contributed by atoms with Crippen molar-refractivity contribution >= 4 is 16.0 Å². The van der Waals surface area contributed by atoms with E-state index in [1.807, 2.05) is 7.05 Å². The molecule has 0 atom stereocenters. The number of hydrogen-bond acceptors (Lipinski definition) is 5. The van der Waals surface area contributed by atoms with E-state index < -0.39 is 10.0 Å². The number of benzene rings is 1. The molecule has 6 nitrogen and oxygen atoms in total. The van der Waals surface area contributed by atoms with E-state index >= 15 is 0 Å².